The van der Waals surface area contributed by atoms with Crippen molar-refractivity contribution >= 4 is 35.6 Å². The van der Waals surface area contributed by atoms with Gasteiger partial charge in [-0.05, 0) is 41.3 Å². The monoisotopic (exact) mass is 616 g/mol. The first-order valence-corrected chi connectivity index (χ1v) is 13.8. The van der Waals surface area contributed by atoms with Gasteiger partial charge in [0.05, 0.1) is 17.2 Å². The summed E-state index contributed by atoms with van der Waals surface area (Å²) in [6, 6.07) is 31.4. The van der Waals surface area contributed by atoms with E-state index in [1.165, 1.54) is 13.0 Å². The Morgan fingerprint density at radius 2 is 1.52 bits per heavy atom. The van der Waals surface area contributed by atoms with Gasteiger partial charge in [-0.15, -0.1) is 12.4 Å². The smallest absolute Gasteiger partial charge is 0.417 e. The lowest BCUT2D eigenvalue weighted by atomic mass is 9.90. The maximum absolute atomic E-state index is 13.6. The molecule has 0 saturated heterocycles. The molecule has 1 N–H and O–H groups in total. The first-order chi connectivity index (χ1) is 19.7. The standard InChI is InChI=1S/C33H32ClF3N2O2.ClH/c1-24(40)38-28-16-9-17-29(21-28)41-20-10-19-39(22-27-15-8-18-31(32(27)34)33(35,36)37)23-30(25-11-4-2-5-12-25)26-13-6-3-7-14-26;/h2-9,11-18,21,30H,10,19-20,22-23H2,1H3,(H,38,40);1H. The van der Waals surface area contributed by atoms with E-state index in [9.17, 15) is 18.0 Å². The minimum absolute atomic E-state index is 0. The molecule has 0 atom stereocenters. The second-order valence-electron chi connectivity index (χ2n) is 9.80. The molecule has 4 aromatic rings. The number of nitrogens with one attached hydrogen (secondary N) is 1. The lowest BCUT2D eigenvalue weighted by molar-refractivity contribution is -0.137. The first-order valence-electron chi connectivity index (χ1n) is 13.4. The summed E-state index contributed by atoms with van der Waals surface area (Å²) in [4.78, 5) is 13.5. The number of carbonyl (C=O) groups is 1. The molecule has 4 nitrogen and oxygen atoms in total. The molecule has 0 heterocycles. The Hall–Kier alpha value is -3.52. The van der Waals surface area contributed by atoms with Crippen LogP contribution >= 0.6 is 24.0 Å². The Kier molecular flexibility index (Phi) is 12.3. The Morgan fingerprint density at radius 3 is 2.12 bits per heavy atom. The molecule has 42 heavy (non-hydrogen) atoms. The van der Waals surface area contributed by atoms with Crippen molar-refractivity contribution in [3.8, 4) is 5.75 Å². The van der Waals surface area contributed by atoms with Gasteiger partial charge in [-0.2, -0.15) is 13.2 Å². The van der Waals surface area contributed by atoms with Crippen LogP contribution in [0, 0.1) is 0 Å². The number of benzene rings is 4. The van der Waals surface area contributed by atoms with Crippen LogP contribution in [0.15, 0.2) is 103 Å². The predicted octanol–water partition coefficient (Wildman–Crippen LogP) is 8.84. The van der Waals surface area contributed by atoms with Crippen LogP contribution in [0.4, 0.5) is 18.9 Å². The fraction of sp³-hybridized carbons (Fsp3) is 0.242. The number of rotatable bonds is 12. The number of anilines is 1. The van der Waals surface area contributed by atoms with Gasteiger partial charge < -0.3 is 10.1 Å². The molecule has 0 aliphatic carbocycles. The predicted molar refractivity (Wildman–Crippen MR) is 165 cm³/mol. The highest BCUT2D eigenvalue weighted by Gasteiger charge is 2.34. The highest BCUT2D eigenvalue weighted by molar-refractivity contribution is 6.32. The average molecular weight is 618 g/mol. The third kappa shape index (κ3) is 9.51. The van der Waals surface area contributed by atoms with E-state index in [-0.39, 0.29) is 35.8 Å². The molecule has 0 unspecified atom stereocenters. The van der Waals surface area contributed by atoms with Crippen LogP contribution < -0.4 is 10.1 Å². The average Bonchev–Trinajstić information content (AvgIpc) is 2.95. The molecule has 0 saturated carbocycles. The Labute approximate surface area is 255 Å². The van der Waals surface area contributed by atoms with E-state index in [0.717, 1.165) is 17.2 Å². The Morgan fingerprint density at radius 1 is 0.905 bits per heavy atom. The van der Waals surface area contributed by atoms with Crippen molar-refractivity contribution < 1.29 is 22.7 Å². The van der Waals surface area contributed by atoms with Crippen LogP contribution in [0.5, 0.6) is 5.75 Å². The van der Waals surface area contributed by atoms with Gasteiger partial charge in [0.25, 0.3) is 0 Å². The van der Waals surface area contributed by atoms with Gasteiger partial charge in [0.2, 0.25) is 5.91 Å². The first kappa shape index (κ1) is 33.0. The Balaban J connectivity index is 0.00000484. The van der Waals surface area contributed by atoms with Crippen molar-refractivity contribution in [2.45, 2.75) is 32.0 Å². The van der Waals surface area contributed by atoms with Crippen molar-refractivity contribution in [1.29, 1.82) is 0 Å². The molecule has 0 fully saturated rings. The van der Waals surface area contributed by atoms with Crippen LogP contribution in [0.25, 0.3) is 0 Å². The molecule has 0 bridgehead atoms. The second kappa shape index (κ2) is 15.6. The fourth-order valence-electron chi connectivity index (χ4n) is 4.77. The van der Waals surface area contributed by atoms with E-state index in [0.29, 0.717) is 43.1 Å². The van der Waals surface area contributed by atoms with E-state index in [1.807, 2.05) is 42.5 Å². The van der Waals surface area contributed by atoms with Gasteiger partial charge in [0.1, 0.15) is 5.75 Å². The number of hydrogen-bond acceptors (Lipinski definition) is 3. The summed E-state index contributed by atoms with van der Waals surface area (Å²) < 4.78 is 46.7. The zero-order valence-corrected chi connectivity index (χ0v) is 24.7. The van der Waals surface area contributed by atoms with Gasteiger partial charge in [-0.25, -0.2) is 0 Å². The highest BCUT2D eigenvalue weighted by Crippen LogP contribution is 2.37. The zero-order valence-electron chi connectivity index (χ0n) is 23.1. The third-order valence-electron chi connectivity index (χ3n) is 6.66. The van der Waals surface area contributed by atoms with Crippen LogP contribution in [-0.2, 0) is 17.5 Å². The molecule has 4 rings (SSSR count). The van der Waals surface area contributed by atoms with E-state index >= 15 is 0 Å². The van der Waals surface area contributed by atoms with Crippen molar-refractivity contribution in [2.75, 3.05) is 25.0 Å². The minimum atomic E-state index is -4.53. The maximum Gasteiger partial charge on any atom is 0.417 e. The molecular weight excluding hydrogens is 584 g/mol. The van der Waals surface area contributed by atoms with Crippen LogP contribution in [-0.4, -0.2) is 30.5 Å². The van der Waals surface area contributed by atoms with Crippen LogP contribution in [0.3, 0.4) is 0 Å². The molecule has 0 spiro atoms. The molecule has 0 aromatic heterocycles. The van der Waals surface area contributed by atoms with Crippen LogP contribution in [0.1, 0.15) is 41.5 Å². The SMILES string of the molecule is CC(=O)Nc1cccc(OCCCN(Cc2cccc(C(F)(F)F)c2Cl)CC(c2ccccc2)c2ccccc2)c1.Cl. The van der Waals surface area contributed by atoms with Crippen molar-refractivity contribution in [2.24, 2.45) is 0 Å². The molecule has 222 valence electrons. The third-order valence-corrected chi connectivity index (χ3v) is 7.11. The number of alkyl halides is 3. The summed E-state index contributed by atoms with van der Waals surface area (Å²) >= 11 is 6.30. The molecule has 9 heteroatoms. The molecule has 4 aromatic carbocycles. The van der Waals surface area contributed by atoms with E-state index < -0.39 is 11.7 Å². The minimum Gasteiger partial charge on any atom is -0.493 e. The molecular formula is C33H33Cl2F3N2O2. The van der Waals surface area contributed by atoms with Gasteiger partial charge in [-0.3, -0.25) is 9.69 Å². The summed E-state index contributed by atoms with van der Waals surface area (Å²) in [7, 11) is 0. The van der Waals surface area contributed by atoms with Gasteiger partial charge in [0.15, 0.2) is 0 Å². The van der Waals surface area contributed by atoms with Gasteiger partial charge in [-0.1, -0.05) is 90.5 Å². The summed E-state index contributed by atoms with van der Waals surface area (Å²) in [6.45, 7) is 3.21. The summed E-state index contributed by atoms with van der Waals surface area (Å²) in [5.74, 6) is 0.449. The van der Waals surface area contributed by atoms with Crippen molar-refractivity contribution in [3.05, 3.63) is 130 Å². The highest BCUT2D eigenvalue weighted by atomic mass is 35.5. The fourth-order valence-corrected chi connectivity index (χ4v) is 5.07. The molecule has 0 radical (unpaired) electrons. The number of hydrogen-bond donors (Lipinski definition) is 1. The molecule has 1 amide bonds. The van der Waals surface area contributed by atoms with E-state index in [1.54, 1.807) is 24.3 Å². The van der Waals surface area contributed by atoms with Crippen molar-refractivity contribution in [1.82, 2.24) is 4.90 Å². The second-order valence-corrected chi connectivity index (χ2v) is 10.2. The summed E-state index contributed by atoms with van der Waals surface area (Å²) in [5.41, 5.74) is 2.46. The number of carbonyl (C=O) groups excluding carboxylic acids is 1. The largest absolute Gasteiger partial charge is 0.493 e. The molecule has 0 aliphatic rings. The van der Waals surface area contributed by atoms with Crippen molar-refractivity contribution in [3.63, 3.8) is 0 Å². The normalized spacial score (nSPS) is 11.3. The maximum atomic E-state index is 13.6. The van der Waals surface area contributed by atoms with E-state index in [2.05, 4.69) is 34.5 Å². The van der Waals surface area contributed by atoms with E-state index in [4.69, 9.17) is 16.3 Å². The molecule has 0 aliphatic heterocycles. The number of nitrogens with zero attached hydrogens (tertiary/aromatic N) is 1. The topological polar surface area (TPSA) is 41.6 Å². The summed E-state index contributed by atoms with van der Waals surface area (Å²) in [5, 5.41) is 2.46. The lowest BCUT2D eigenvalue weighted by Crippen LogP contribution is -2.31. The van der Waals surface area contributed by atoms with Gasteiger partial charge >= 0.3 is 6.18 Å². The van der Waals surface area contributed by atoms with Gasteiger partial charge in [0, 0.05) is 44.2 Å². The quantitative estimate of drug-likeness (QED) is 0.162. The Bertz CT molecular complexity index is 1380. The number of halogens is 5. The lowest BCUT2D eigenvalue weighted by Gasteiger charge is -2.29. The zero-order chi connectivity index (χ0) is 29.2. The van der Waals surface area contributed by atoms with Crippen LogP contribution in [0.2, 0.25) is 5.02 Å². The summed E-state index contributed by atoms with van der Waals surface area (Å²) in [6.07, 6.45) is -3.91. The number of ether oxygens (including phenoxy) is 1. The number of amides is 1.